The minimum atomic E-state index is -0.00590. The highest BCUT2D eigenvalue weighted by atomic mass is 14.4. The maximum Gasteiger partial charge on any atom is 0.0158 e. The van der Waals surface area contributed by atoms with Crippen molar-refractivity contribution < 1.29 is 0 Å². The number of aryl methyl sites for hydroxylation is 1. The average Bonchev–Trinajstić information content (AvgIpc) is 3.32. The molecule has 0 aromatic heterocycles. The fourth-order valence-electron chi connectivity index (χ4n) is 7.99. The Balaban J connectivity index is 1.25. The monoisotopic (exact) mass is 586 g/mol. The first-order valence-electron chi connectivity index (χ1n) is 16.3. The molecule has 0 aliphatic heterocycles. The standard InChI is InChI=1S/C46H34/c1-29-16-24-39-41(26-29)45(35-23-25-43-40(28-35)36-12-8-9-15-42(36)46(43,2)3)38-14-7-6-13-37(38)44(39)32-20-17-31(18-21-32)34-22-19-30-10-4-5-11-33(30)27-34/h4-28H,1-3H3. The van der Waals surface area contributed by atoms with Crippen molar-refractivity contribution in [2.24, 2.45) is 0 Å². The molecule has 46 heavy (non-hydrogen) atoms. The van der Waals surface area contributed by atoms with Crippen LogP contribution in [0.3, 0.4) is 0 Å². The van der Waals surface area contributed by atoms with Crippen molar-refractivity contribution in [2.75, 3.05) is 0 Å². The summed E-state index contributed by atoms with van der Waals surface area (Å²) in [6.45, 7) is 6.91. The van der Waals surface area contributed by atoms with E-state index in [2.05, 4.69) is 172 Å². The molecule has 0 spiro atoms. The van der Waals surface area contributed by atoms with Crippen molar-refractivity contribution in [3.8, 4) is 44.5 Å². The van der Waals surface area contributed by atoms with Crippen LogP contribution in [-0.4, -0.2) is 0 Å². The van der Waals surface area contributed by atoms with Crippen LogP contribution in [0.15, 0.2) is 152 Å². The van der Waals surface area contributed by atoms with E-state index in [9.17, 15) is 0 Å². The molecule has 0 fully saturated rings. The van der Waals surface area contributed by atoms with Crippen LogP contribution in [-0.2, 0) is 5.41 Å². The highest BCUT2D eigenvalue weighted by molar-refractivity contribution is 6.21. The predicted molar refractivity (Wildman–Crippen MR) is 198 cm³/mol. The molecule has 0 amide bonds. The van der Waals surface area contributed by atoms with Gasteiger partial charge >= 0.3 is 0 Å². The minimum absolute atomic E-state index is 0.00590. The van der Waals surface area contributed by atoms with Crippen molar-refractivity contribution in [3.05, 3.63) is 168 Å². The van der Waals surface area contributed by atoms with E-state index in [0.29, 0.717) is 0 Å². The molecule has 0 saturated heterocycles. The number of hydrogen-bond donors (Lipinski definition) is 0. The smallest absolute Gasteiger partial charge is 0.0158 e. The number of rotatable bonds is 3. The molecule has 9 rings (SSSR count). The second kappa shape index (κ2) is 10.0. The topological polar surface area (TPSA) is 0 Å². The van der Waals surface area contributed by atoms with E-state index in [1.807, 2.05) is 0 Å². The Labute approximate surface area is 270 Å². The Morgan fingerprint density at radius 2 is 0.957 bits per heavy atom. The Bertz CT molecular complexity index is 2490. The minimum Gasteiger partial charge on any atom is -0.0619 e. The van der Waals surface area contributed by atoms with E-state index in [0.717, 1.165) is 0 Å². The Morgan fingerprint density at radius 1 is 0.370 bits per heavy atom. The van der Waals surface area contributed by atoms with Crippen molar-refractivity contribution >= 4 is 32.3 Å². The summed E-state index contributed by atoms with van der Waals surface area (Å²) in [4.78, 5) is 0. The fraction of sp³-hybridized carbons (Fsp3) is 0.0870. The van der Waals surface area contributed by atoms with Crippen LogP contribution in [0.2, 0.25) is 0 Å². The van der Waals surface area contributed by atoms with Crippen molar-refractivity contribution in [1.82, 2.24) is 0 Å². The first kappa shape index (κ1) is 26.9. The zero-order chi connectivity index (χ0) is 31.0. The Hall–Kier alpha value is -5.46. The maximum atomic E-state index is 2.45. The molecule has 1 aliphatic rings. The zero-order valence-corrected chi connectivity index (χ0v) is 26.4. The van der Waals surface area contributed by atoms with Gasteiger partial charge in [-0.2, -0.15) is 0 Å². The molecule has 0 heteroatoms. The first-order chi connectivity index (χ1) is 22.5. The molecule has 1 aliphatic carbocycles. The van der Waals surface area contributed by atoms with Crippen LogP contribution in [0.25, 0.3) is 76.8 Å². The molecule has 0 radical (unpaired) electrons. The summed E-state index contributed by atoms with van der Waals surface area (Å²) < 4.78 is 0. The van der Waals surface area contributed by atoms with Gasteiger partial charge in [-0.25, -0.2) is 0 Å². The number of hydrogen-bond acceptors (Lipinski definition) is 0. The third-order valence-electron chi connectivity index (χ3n) is 10.3. The summed E-state index contributed by atoms with van der Waals surface area (Å²) in [6, 6.07) is 56.6. The van der Waals surface area contributed by atoms with E-state index in [1.165, 1.54) is 93.5 Å². The lowest BCUT2D eigenvalue weighted by Crippen LogP contribution is -2.14. The third kappa shape index (κ3) is 4.00. The average molecular weight is 587 g/mol. The van der Waals surface area contributed by atoms with E-state index < -0.39 is 0 Å². The van der Waals surface area contributed by atoms with Crippen LogP contribution in [0.5, 0.6) is 0 Å². The molecule has 0 unspecified atom stereocenters. The highest BCUT2D eigenvalue weighted by Crippen LogP contribution is 2.51. The lowest BCUT2D eigenvalue weighted by molar-refractivity contribution is 0.660. The maximum absolute atomic E-state index is 2.45. The van der Waals surface area contributed by atoms with Gasteiger partial charge in [-0.05, 0) is 107 Å². The van der Waals surface area contributed by atoms with Gasteiger partial charge in [-0.3, -0.25) is 0 Å². The van der Waals surface area contributed by atoms with Gasteiger partial charge in [-0.1, -0.05) is 159 Å². The van der Waals surface area contributed by atoms with Gasteiger partial charge in [0.2, 0.25) is 0 Å². The second-order valence-electron chi connectivity index (χ2n) is 13.4. The summed E-state index contributed by atoms with van der Waals surface area (Å²) >= 11 is 0. The zero-order valence-electron chi connectivity index (χ0n) is 26.4. The molecular weight excluding hydrogens is 553 g/mol. The summed E-state index contributed by atoms with van der Waals surface area (Å²) in [5.74, 6) is 0. The van der Waals surface area contributed by atoms with Crippen LogP contribution in [0.4, 0.5) is 0 Å². The Kier molecular flexibility index (Phi) is 5.86. The SMILES string of the molecule is Cc1ccc2c(-c3ccc(-c4ccc5ccccc5c4)cc3)c3ccccc3c(-c3ccc4c(c3)-c3ccccc3C4(C)C)c2c1. The molecule has 0 N–H and O–H groups in total. The highest BCUT2D eigenvalue weighted by Gasteiger charge is 2.35. The summed E-state index contributed by atoms with van der Waals surface area (Å²) in [5, 5.41) is 7.71. The third-order valence-corrected chi connectivity index (χ3v) is 10.3. The quantitative estimate of drug-likeness (QED) is 0.181. The predicted octanol–water partition coefficient (Wildman–Crippen LogP) is 12.8. The van der Waals surface area contributed by atoms with Gasteiger partial charge in [0.15, 0.2) is 0 Å². The molecule has 8 aromatic rings. The first-order valence-corrected chi connectivity index (χ1v) is 16.3. The van der Waals surface area contributed by atoms with Crippen LogP contribution >= 0.6 is 0 Å². The van der Waals surface area contributed by atoms with Gasteiger partial charge in [0.05, 0.1) is 0 Å². The molecule has 0 bridgehead atoms. The van der Waals surface area contributed by atoms with Crippen molar-refractivity contribution in [2.45, 2.75) is 26.2 Å². The van der Waals surface area contributed by atoms with E-state index in [4.69, 9.17) is 0 Å². The lowest BCUT2D eigenvalue weighted by Gasteiger charge is -2.22. The van der Waals surface area contributed by atoms with Crippen LogP contribution in [0, 0.1) is 6.92 Å². The van der Waals surface area contributed by atoms with E-state index in [-0.39, 0.29) is 5.41 Å². The molecule has 0 nitrogen and oxygen atoms in total. The van der Waals surface area contributed by atoms with Gasteiger partial charge < -0.3 is 0 Å². The van der Waals surface area contributed by atoms with Gasteiger partial charge in [0, 0.05) is 5.41 Å². The van der Waals surface area contributed by atoms with E-state index >= 15 is 0 Å². The molecule has 0 atom stereocenters. The number of benzene rings is 8. The number of fused-ring (bicyclic) bond motifs is 6. The van der Waals surface area contributed by atoms with Gasteiger partial charge in [-0.15, -0.1) is 0 Å². The van der Waals surface area contributed by atoms with E-state index in [1.54, 1.807) is 0 Å². The normalized spacial score (nSPS) is 13.3. The lowest BCUT2D eigenvalue weighted by atomic mass is 9.81. The molecule has 8 aromatic carbocycles. The van der Waals surface area contributed by atoms with Crippen LogP contribution in [0.1, 0.15) is 30.5 Å². The largest absolute Gasteiger partial charge is 0.0619 e. The molecule has 0 saturated carbocycles. The summed E-state index contributed by atoms with van der Waals surface area (Å²) in [7, 11) is 0. The van der Waals surface area contributed by atoms with Crippen molar-refractivity contribution in [1.29, 1.82) is 0 Å². The summed E-state index contributed by atoms with van der Waals surface area (Å²) in [6.07, 6.45) is 0. The van der Waals surface area contributed by atoms with Gasteiger partial charge in [0.25, 0.3) is 0 Å². The molecular formula is C46H34. The fourth-order valence-corrected chi connectivity index (χ4v) is 7.99. The summed E-state index contributed by atoms with van der Waals surface area (Å²) in [5.41, 5.74) is 14.4. The Morgan fingerprint density at radius 3 is 1.76 bits per heavy atom. The van der Waals surface area contributed by atoms with Crippen molar-refractivity contribution in [3.63, 3.8) is 0 Å². The molecule has 218 valence electrons. The van der Waals surface area contributed by atoms with Crippen LogP contribution < -0.4 is 0 Å². The second-order valence-corrected chi connectivity index (χ2v) is 13.4. The van der Waals surface area contributed by atoms with Gasteiger partial charge in [0.1, 0.15) is 0 Å². The molecule has 0 heterocycles.